The Kier molecular flexibility index (Phi) is 3.83. The van der Waals surface area contributed by atoms with E-state index in [-0.39, 0.29) is 16.9 Å². The lowest BCUT2D eigenvalue weighted by Gasteiger charge is -2.12. The molecule has 0 radical (unpaired) electrons. The largest absolute Gasteiger partial charge is 0.496 e. The first-order chi connectivity index (χ1) is 11.5. The van der Waals surface area contributed by atoms with Crippen molar-refractivity contribution in [2.45, 2.75) is 0 Å². The minimum atomic E-state index is -0.656. The van der Waals surface area contributed by atoms with Crippen LogP contribution < -0.4 is 4.74 Å². The molecule has 0 heterocycles. The first-order valence-electron chi connectivity index (χ1n) is 7.02. The molecule has 0 spiro atoms. The van der Waals surface area contributed by atoms with Gasteiger partial charge in [-0.1, -0.05) is 30.3 Å². The Labute approximate surface area is 136 Å². The molecule has 3 aromatic carbocycles. The summed E-state index contributed by atoms with van der Waals surface area (Å²) in [5.41, 5.74) is 0.153. The zero-order valence-electron chi connectivity index (χ0n) is 12.6. The van der Waals surface area contributed by atoms with Gasteiger partial charge >= 0.3 is 0 Å². The Bertz CT molecular complexity index is 968. The van der Waals surface area contributed by atoms with Crippen molar-refractivity contribution >= 4 is 22.1 Å². The molecule has 0 aliphatic rings. The lowest BCUT2D eigenvalue weighted by atomic mass is 9.95. The number of rotatable bonds is 4. The Balaban J connectivity index is 2.39. The minimum absolute atomic E-state index is 0.277. The zero-order valence-corrected chi connectivity index (χ0v) is 12.6. The molecule has 7 heteroatoms. The number of hydrogen-bond acceptors (Lipinski definition) is 5. The molecule has 0 bridgehead atoms. The summed E-state index contributed by atoms with van der Waals surface area (Å²) >= 11 is 0. The average molecular weight is 324 g/mol. The van der Waals surface area contributed by atoms with Gasteiger partial charge in [-0.3, -0.25) is 20.2 Å². The van der Waals surface area contributed by atoms with Crippen LogP contribution in [0, 0.1) is 20.2 Å². The second kappa shape index (κ2) is 5.96. The predicted molar refractivity (Wildman–Crippen MR) is 89.2 cm³/mol. The first-order valence-corrected chi connectivity index (χ1v) is 7.02. The molecule has 7 nitrogen and oxygen atoms in total. The molecule has 0 N–H and O–H groups in total. The standard InChI is InChI=1S/C17H12N2O5/c1-24-16-9-6-11-4-2-3-5-13(11)17(16)14-8-7-12(18(20)21)10-15(14)19(22)23/h2-10H,1H3. The van der Waals surface area contributed by atoms with Crippen molar-refractivity contribution in [3.8, 4) is 16.9 Å². The van der Waals surface area contributed by atoms with E-state index in [0.29, 0.717) is 11.3 Å². The van der Waals surface area contributed by atoms with Crippen molar-refractivity contribution in [1.82, 2.24) is 0 Å². The van der Waals surface area contributed by atoms with Crippen molar-refractivity contribution in [3.05, 3.63) is 74.8 Å². The number of non-ortho nitro benzene ring substituents is 1. The van der Waals surface area contributed by atoms with Crippen LogP contribution in [-0.2, 0) is 0 Å². The molecule has 0 aromatic heterocycles. The first kappa shape index (κ1) is 15.4. The Morgan fingerprint density at radius 3 is 2.33 bits per heavy atom. The van der Waals surface area contributed by atoms with Gasteiger partial charge in [-0.2, -0.15) is 0 Å². The number of hydrogen-bond donors (Lipinski definition) is 0. The number of nitrogens with zero attached hydrogens (tertiary/aromatic N) is 2. The Hall–Kier alpha value is -3.48. The summed E-state index contributed by atoms with van der Waals surface area (Å²) in [7, 11) is 1.48. The monoisotopic (exact) mass is 324 g/mol. The molecular weight excluding hydrogens is 312 g/mol. The van der Waals surface area contributed by atoms with Gasteiger partial charge in [0.2, 0.25) is 0 Å². The lowest BCUT2D eigenvalue weighted by molar-refractivity contribution is -0.393. The van der Waals surface area contributed by atoms with Crippen LogP contribution in [0.3, 0.4) is 0 Å². The number of benzene rings is 3. The highest BCUT2D eigenvalue weighted by atomic mass is 16.6. The number of ether oxygens (including phenoxy) is 1. The van der Waals surface area contributed by atoms with E-state index in [1.165, 1.54) is 19.2 Å². The molecule has 0 aliphatic heterocycles. The second-order valence-electron chi connectivity index (χ2n) is 5.08. The van der Waals surface area contributed by atoms with Gasteiger partial charge in [-0.15, -0.1) is 0 Å². The molecule has 120 valence electrons. The predicted octanol–water partition coefficient (Wildman–Crippen LogP) is 4.33. The van der Waals surface area contributed by atoms with Crippen LogP contribution in [-0.4, -0.2) is 17.0 Å². The normalized spacial score (nSPS) is 10.5. The van der Waals surface area contributed by atoms with E-state index in [4.69, 9.17) is 4.74 Å². The van der Waals surface area contributed by atoms with Crippen LogP contribution in [0.15, 0.2) is 54.6 Å². The molecule has 0 unspecified atom stereocenters. The van der Waals surface area contributed by atoms with Crippen molar-refractivity contribution in [1.29, 1.82) is 0 Å². The van der Waals surface area contributed by atoms with Gasteiger partial charge in [0, 0.05) is 11.6 Å². The van der Waals surface area contributed by atoms with E-state index in [1.807, 2.05) is 30.3 Å². The Morgan fingerprint density at radius 2 is 1.67 bits per heavy atom. The quantitative estimate of drug-likeness (QED) is 0.525. The fourth-order valence-corrected chi connectivity index (χ4v) is 2.70. The summed E-state index contributed by atoms with van der Waals surface area (Å²) in [5, 5.41) is 24.0. The van der Waals surface area contributed by atoms with Crippen LogP contribution in [0.5, 0.6) is 5.75 Å². The Morgan fingerprint density at radius 1 is 0.917 bits per heavy atom. The SMILES string of the molecule is COc1ccc2ccccc2c1-c1ccc([N+](=O)[O-])cc1[N+](=O)[O-]. The van der Waals surface area contributed by atoms with E-state index < -0.39 is 9.85 Å². The van der Waals surface area contributed by atoms with Gasteiger partial charge in [0.15, 0.2) is 0 Å². The van der Waals surface area contributed by atoms with Crippen molar-refractivity contribution in [3.63, 3.8) is 0 Å². The third kappa shape index (κ3) is 2.52. The van der Waals surface area contributed by atoms with Gasteiger partial charge in [0.05, 0.1) is 28.6 Å². The summed E-state index contributed by atoms with van der Waals surface area (Å²) in [6.45, 7) is 0. The van der Waals surface area contributed by atoms with E-state index in [0.717, 1.165) is 16.8 Å². The van der Waals surface area contributed by atoms with Crippen molar-refractivity contribution < 1.29 is 14.6 Å². The maximum atomic E-state index is 11.4. The molecule has 3 aromatic rings. The third-order valence-electron chi connectivity index (χ3n) is 3.77. The molecule has 0 saturated carbocycles. The van der Waals surface area contributed by atoms with E-state index in [2.05, 4.69) is 0 Å². The molecule has 0 fully saturated rings. The van der Waals surface area contributed by atoms with Crippen LogP contribution >= 0.6 is 0 Å². The number of nitro groups is 2. The van der Waals surface area contributed by atoms with E-state index in [1.54, 1.807) is 6.07 Å². The van der Waals surface area contributed by atoms with E-state index >= 15 is 0 Å². The molecular formula is C17H12N2O5. The van der Waals surface area contributed by atoms with E-state index in [9.17, 15) is 20.2 Å². The maximum Gasteiger partial charge on any atom is 0.284 e. The molecule has 24 heavy (non-hydrogen) atoms. The van der Waals surface area contributed by atoms with Crippen LogP contribution in [0.2, 0.25) is 0 Å². The number of nitro benzene ring substituents is 2. The number of methoxy groups -OCH3 is 1. The molecule has 0 amide bonds. The molecule has 0 aliphatic carbocycles. The fraction of sp³-hybridized carbons (Fsp3) is 0.0588. The molecule has 3 rings (SSSR count). The average Bonchev–Trinajstić information content (AvgIpc) is 2.60. The molecule has 0 saturated heterocycles. The minimum Gasteiger partial charge on any atom is -0.496 e. The summed E-state index contributed by atoms with van der Waals surface area (Å²) in [5.74, 6) is 0.464. The van der Waals surface area contributed by atoms with Crippen molar-refractivity contribution in [2.75, 3.05) is 7.11 Å². The zero-order chi connectivity index (χ0) is 17.3. The summed E-state index contributed by atoms with van der Waals surface area (Å²) in [6.07, 6.45) is 0. The van der Waals surface area contributed by atoms with Crippen LogP contribution in [0.4, 0.5) is 11.4 Å². The summed E-state index contributed by atoms with van der Waals surface area (Å²) in [6, 6.07) is 14.6. The highest BCUT2D eigenvalue weighted by Gasteiger charge is 2.24. The van der Waals surface area contributed by atoms with Gasteiger partial charge in [-0.25, -0.2) is 0 Å². The van der Waals surface area contributed by atoms with Crippen LogP contribution in [0.25, 0.3) is 21.9 Å². The molecule has 0 atom stereocenters. The summed E-state index contributed by atoms with van der Waals surface area (Å²) in [4.78, 5) is 21.1. The van der Waals surface area contributed by atoms with Gasteiger partial charge in [0.1, 0.15) is 5.75 Å². The number of fused-ring (bicyclic) bond motifs is 1. The smallest absolute Gasteiger partial charge is 0.284 e. The summed E-state index contributed by atoms with van der Waals surface area (Å²) < 4.78 is 5.36. The fourth-order valence-electron chi connectivity index (χ4n) is 2.70. The van der Waals surface area contributed by atoms with Gasteiger partial charge in [-0.05, 0) is 22.9 Å². The maximum absolute atomic E-state index is 11.4. The third-order valence-corrected chi connectivity index (χ3v) is 3.77. The highest BCUT2D eigenvalue weighted by Crippen LogP contribution is 2.42. The van der Waals surface area contributed by atoms with Gasteiger partial charge < -0.3 is 4.74 Å². The highest BCUT2D eigenvalue weighted by molar-refractivity contribution is 6.01. The van der Waals surface area contributed by atoms with Gasteiger partial charge in [0.25, 0.3) is 11.4 Å². The lowest BCUT2D eigenvalue weighted by Crippen LogP contribution is -1.97. The van der Waals surface area contributed by atoms with Crippen molar-refractivity contribution in [2.24, 2.45) is 0 Å². The topological polar surface area (TPSA) is 95.5 Å². The van der Waals surface area contributed by atoms with Crippen LogP contribution in [0.1, 0.15) is 0 Å². The second-order valence-corrected chi connectivity index (χ2v) is 5.08.